The van der Waals surface area contributed by atoms with Crippen molar-refractivity contribution in [2.24, 2.45) is 0 Å². The number of alkyl halides is 1. The predicted molar refractivity (Wildman–Crippen MR) is 77.1 cm³/mol. The number of aromatic amines is 1. The zero-order valence-electron chi connectivity index (χ0n) is 10.8. The molecule has 0 radical (unpaired) electrons. The van der Waals surface area contributed by atoms with Crippen LogP contribution >= 0.6 is 15.9 Å². The van der Waals surface area contributed by atoms with Gasteiger partial charge in [0.2, 0.25) is 0 Å². The highest BCUT2D eigenvalue weighted by molar-refractivity contribution is 9.09. The van der Waals surface area contributed by atoms with Gasteiger partial charge in [-0.2, -0.15) is 5.10 Å². The molecule has 2 heterocycles. The van der Waals surface area contributed by atoms with Crippen molar-refractivity contribution >= 4 is 27.4 Å². The number of anilines is 1. The van der Waals surface area contributed by atoms with Gasteiger partial charge in [-0.3, -0.25) is 0 Å². The minimum atomic E-state index is -0.234. The number of rotatable bonds is 4. The van der Waals surface area contributed by atoms with Crippen LogP contribution in [0.1, 0.15) is 25.1 Å². The summed E-state index contributed by atoms with van der Waals surface area (Å²) in [6, 6.07) is 2.45. The Kier molecular flexibility index (Phi) is 3.30. The van der Waals surface area contributed by atoms with Crippen molar-refractivity contribution in [3.05, 3.63) is 22.4 Å². The molecule has 1 N–H and O–H groups in total. The van der Waals surface area contributed by atoms with Crippen molar-refractivity contribution in [2.45, 2.75) is 32.2 Å². The van der Waals surface area contributed by atoms with E-state index in [0.717, 1.165) is 17.7 Å². The summed E-state index contributed by atoms with van der Waals surface area (Å²) in [6.07, 6.45) is 3.71. The summed E-state index contributed by atoms with van der Waals surface area (Å²) in [4.78, 5) is 18.5. The number of nitrogens with zero attached hydrogens (tertiary/aromatic N) is 4. The molecule has 2 aromatic rings. The third kappa shape index (κ3) is 2.16. The first-order valence-corrected chi connectivity index (χ1v) is 7.60. The van der Waals surface area contributed by atoms with Gasteiger partial charge >= 0.3 is 5.69 Å². The van der Waals surface area contributed by atoms with Gasteiger partial charge < -0.3 is 4.90 Å². The number of nitrogens with one attached hydrogen (secondary N) is 1. The fraction of sp³-hybridized carbons (Fsp3) is 0.583. The fourth-order valence-electron chi connectivity index (χ4n) is 2.50. The molecular weight excluding hydrogens is 310 g/mol. The van der Waals surface area contributed by atoms with Crippen molar-refractivity contribution < 1.29 is 0 Å². The Morgan fingerprint density at radius 1 is 1.58 bits per heavy atom. The molecule has 7 heteroatoms. The molecule has 0 atom stereocenters. The normalized spacial score (nSPS) is 15.7. The van der Waals surface area contributed by atoms with E-state index >= 15 is 0 Å². The molecule has 0 aromatic carbocycles. The van der Waals surface area contributed by atoms with E-state index < -0.39 is 0 Å². The summed E-state index contributed by atoms with van der Waals surface area (Å²) >= 11 is 3.49. The van der Waals surface area contributed by atoms with Gasteiger partial charge in [0.1, 0.15) is 11.6 Å². The number of aromatic nitrogens is 4. The summed E-state index contributed by atoms with van der Waals surface area (Å²) in [5.41, 5.74) is 0.397. The van der Waals surface area contributed by atoms with Gasteiger partial charge in [-0.25, -0.2) is 19.3 Å². The third-order valence-electron chi connectivity index (χ3n) is 3.69. The fourth-order valence-corrected chi connectivity index (χ4v) is 2.89. The molecule has 6 nitrogen and oxygen atoms in total. The molecule has 1 aliphatic rings. The number of hydrogen-bond donors (Lipinski definition) is 1. The van der Waals surface area contributed by atoms with Gasteiger partial charge in [0, 0.05) is 24.0 Å². The van der Waals surface area contributed by atoms with E-state index in [1.54, 1.807) is 0 Å². The van der Waals surface area contributed by atoms with Gasteiger partial charge in [-0.1, -0.05) is 15.9 Å². The average Bonchev–Trinajstić information content (AvgIpc) is 2.68. The lowest BCUT2D eigenvalue weighted by Gasteiger charge is -2.38. The Morgan fingerprint density at radius 2 is 2.37 bits per heavy atom. The lowest BCUT2D eigenvalue weighted by molar-refractivity contribution is 0.389. The van der Waals surface area contributed by atoms with Gasteiger partial charge in [-0.15, -0.1) is 0 Å². The SMILES string of the molecule is Cc1nc(N(CCBr)C2CCC2)cc2n[nH]c(=O)n12. The molecule has 0 saturated heterocycles. The number of halogens is 1. The number of H-pyrrole nitrogens is 1. The van der Waals surface area contributed by atoms with Crippen LogP contribution in [0.2, 0.25) is 0 Å². The Bertz CT molecular complexity index is 645. The van der Waals surface area contributed by atoms with Crippen molar-refractivity contribution in [1.29, 1.82) is 0 Å². The van der Waals surface area contributed by atoms with E-state index in [2.05, 4.69) is 36.0 Å². The highest BCUT2D eigenvalue weighted by Crippen LogP contribution is 2.28. The zero-order chi connectivity index (χ0) is 13.4. The van der Waals surface area contributed by atoms with Crippen molar-refractivity contribution in [3.8, 4) is 0 Å². The number of hydrogen-bond acceptors (Lipinski definition) is 4. The van der Waals surface area contributed by atoms with Crippen LogP contribution < -0.4 is 10.6 Å². The lowest BCUT2D eigenvalue weighted by atomic mass is 9.91. The molecule has 1 fully saturated rings. The van der Waals surface area contributed by atoms with Gasteiger partial charge in [-0.05, 0) is 26.2 Å². The van der Waals surface area contributed by atoms with E-state index in [0.29, 0.717) is 17.5 Å². The summed E-state index contributed by atoms with van der Waals surface area (Å²) in [5, 5.41) is 7.40. The first-order chi connectivity index (χ1) is 9.20. The Labute approximate surface area is 119 Å². The maximum atomic E-state index is 11.6. The van der Waals surface area contributed by atoms with E-state index in [4.69, 9.17) is 0 Å². The molecule has 0 unspecified atom stereocenters. The van der Waals surface area contributed by atoms with E-state index in [1.165, 1.54) is 23.7 Å². The zero-order valence-corrected chi connectivity index (χ0v) is 12.4. The molecule has 3 rings (SSSR count). The van der Waals surface area contributed by atoms with E-state index in [9.17, 15) is 4.79 Å². The molecule has 1 aliphatic carbocycles. The smallest absolute Gasteiger partial charge is 0.349 e. The molecule has 102 valence electrons. The average molecular weight is 326 g/mol. The van der Waals surface area contributed by atoms with Crippen molar-refractivity contribution in [1.82, 2.24) is 19.6 Å². The van der Waals surface area contributed by atoms with Gasteiger partial charge in [0.05, 0.1) is 0 Å². The second-order valence-corrected chi connectivity index (χ2v) is 5.64. The minimum Gasteiger partial charge on any atom is -0.353 e. The van der Waals surface area contributed by atoms with Crippen molar-refractivity contribution in [2.75, 3.05) is 16.8 Å². The third-order valence-corrected chi connectivity index (χ3v) is 4.05. The van der Waals surface area contributed by atoms with Crippen LogP contribution in [-0.4, -0.2) is 37.5 Å². The largest absolute Gasteiger partial charge is 0.353 e. The summed E-state index contributed by atoms with van der Waals surface area (Å²) in [7, 11) is 0. The summed E-state index contributed by atoms with van der Waals surface area (Å²) < 4.78 is 1.50. The Hall–Kier alpha value is -1.37. The van der Waals surface area contributed by atoms with Gasteiger partial charge in [0.15, 0.2) is 5.65 Å². The monoisotopic (exact) mass is 325 g/mol. The topological polar surface area (TPSA) is 66.3 Å². The summed E-state index contributed by atoms with van der Waals surface area (Å²) in [5.74, 6) is 1.58. The summed E-state index contributed by atoms with van der Waals surface area (Å²) in [6.45, 7) is 2.75. The van der Waals surface area contributed by atoms with Crippen LogP contribution in [-0.2, 0) is 0 Å². The van der Waals surface area contributed by atoms with Crippen LogP contribution in [0.5, 0.6) is 0 Å². The molecule has 19 heavy (non-hydrogen) atoms. The molecule has 0 aliphatic heterocycles. The molecule has 0 bridgehead atoms. The predicted octanol–water partition coefficient (Wildman–Crippen LogP) is 1.48. The number of aryl methyl sites for hydroxylation is 1. The lowest BCUT2D eigenvalue weighted by Crippen LogP contribution is -2.42. The standard InChI is InChI=1S/C12H16BrN5O/c1-8-14-10(7-11-15-16-12(19)18(8)11)17(6-5-13)9-3-2-4-9/h7,9H,2-6H2,1H3,(H,16,19). The van der Waals surface area contributed by atoms with Crippen LogP contribution in [0.15, 0.2) is 10.9 Å². The second kappa shape index (κ2) is 4.96. The first-order valence-electron chi connectivity index (χ1n) is 6.48. The van der Waals surface area contributed by atoms with Gasteiger partial charge in [0.25, 0.3) is 0 Å². The Morgan fingerprint density at radius 3 is 3.00 bits per heavy atom. The molecule has 0 amide bonds. The maximum absolute atomic E-state index is 11.6. The van der Waals surface area contributed by atoms with Crippen molar-refractivity contribution in [3.63, 3.8) is 0 Å². The maximum Gasteiger partial charge on any atom is 0.349 e. The quantitative estimate of drug-likeness (QED) is 0.865. The highest BCUT2D eigenvalue weighted by Gasteiger charge is 2.26. The first kappa shape index (κ1) is 12.7. The molecule has 2 aromatic heterocycles. The van der Waals surface area contributed by atoms with Crippen LogP contribution in [0.4, 0.5) is 5.82 Å². The minimum absolute atomic E-state index is 0.234. The van der Waals surface area contributed by atoms with Crippen LogP contribution in [0.25, 0.3) is 5.65 Å². The van der Waals surface area contributed by atoms with E-state index in [1.807, 2.05) is 13.0 Å². The second-order valence-electron chi connectivity index (χ2n) is 4.85. The Balaban J connectivity index is 2.05. The molecular formula is C12H16BrN5O. The highest BCUT2D eigenvalue weighted by atomic mass is 79.9. The number of fused-ring (bicyclic) bond motifs is 1. The van der Waals surface area contributed by atoms with Crippen LogP contribution in [0.3, 0.4) is 0 Å². The van der Waals surface area contributed by atoms with E-state index in [-0.39, 0.29) is 5.69 Å². The molecule has 1 saturated carbocycles. The molecule has 0 spiro atoms. The van der Waals surface area contributed by atoms with Crippen LogP contribution in [0, 0.1) is 6.92 Å².